The number of methoxy groups -OCH3 is 1. The van der Waals surface area contributed by atoms with Crippen molar-refractivity contribution >= 4 is 17.0 Å². The van der Waals surface area contributed by atoms with E-state index in [-0.39, 0.29) is 18.3 Å². The molecule has 1 aliphatic rings. The smallest absolute Gasteiger partial charge is 0.329 e. The summed E-state index contributed by atoms with van der Waals surface area (Å²) in [6, 6.07) is 7.82. The summed E-state index contributed by atoms with van der Waals surface area (Å²) in [6.07, 6.45) is 1.89. The van der Waals surface area contributed by atoms with Crippen LogP contribution < -0.4 is 5.69 Å². The van der Waals surface area contributed by atoms with Gasteiger partial charge in [0, 0.05) is 6.04 Å². The predicted octanol–water partition coefficient (Wildman–Crippen LogP) is 1.24. The first kappa shape index (κ1) is 14.8. The van der Waals surface area contributed by atoms with Crippen LogP contribution in [0.25, 0.3) is 11.0 Å². The summed E-state index contributed by atoms with van der Waals surface area (Å²) in [4.78, 5) is 26.7. The van der Waals surface area contributed by atoms with Crippen LogP contribution in [0.1, 0.15) is 18.9 Å². The second kappa shape index (κ2) is 5.96. The molecule has 2 heterocycles. The molecule has 0 N–H and O–H groups in total. The molecule has 0 bridgehead atoms. The number of imidazole rings is 1. The maximum absolute atomic E-state index is 12.8. The maximum atomic E-state index is 12.8. The van der Waals surface area contributed by atoms with Gasteiger partial charge in [-0.25, -0.2) is 4.79 Å². The van der Waals surface area contributed by atoms with Gasteiger partial charge in [-0.1, -0.05) is 12.1 Å². The fraction of sp³-hybridized carbons (Fsp3) is 0.500. The van der Waals surface area contributed by atoms with Crippen LogP contribution in [0.3, 0.4) is 0 Å². The summed E-state index contributed by atoms with van der Waals surface area (Å²) in [5.41, 5.74) is 1.56. The Morgan fingerprint density at radius 1 is 1.23 bits per heavy atom. The van der Waals surface area contributed by atoms with Gasteiger partial charge in [-0.3, -0.25) is 13.9 Å². The average molecular weight is 303 g/mol. The Labute approximate surface area is 128 Å². The molecular formula is C16H21N3O3. The third kappa shape index (κ3) is 2.54. The van der Waals surface area contributed by atoms with Crippen LogP contribution in [-0.4, -0.2) is 47.3 Å². The molecule has 1 saturated heterocycles. The average Bonchev–Trinajstić information content (AvgIpc) is 2.81. The number of hydrogen-bond donors (Lipinski definition) is 0. The molecule has 3 rings (SSSR count). The number of hydrogen-bond acceptors (Lipinski definition) is 4. The first-order valence-corrected chi connectivity index (χ1v) is 7.57. The Bertz CT molecular complexity index is 739. The molecule has 0 spiro atoms. The highest BCUT2D eigenvalue weighted by molar-refractivity contribution is 5.78. The maximum Gasteiger partial charge on any atom is 0.329 e. The number of piperidine rings is 1. The van der Waals surface area contributed by atoms with Crippen molar-refractivity contribution in [2.75, 3.05) is 27.2 Å². The topological polar surface area (TPSA) is 56.5 Å². The van der Waals surface area contributed by atoms with Crippen LogP contribution in [0, 0.1) is 0 Å². The van der Waals surface area contributed by atoms with Gasteiger partial charge in [0.05, 0.1) is 18.1 Å². The fourth-order valence-corrected chi connectivity index (χ4v) is 3.18. The Kier molecular flexibility index (Phi) is 4.02. The molecule has 0 amide bonds. The monoisotopic (exact) mass is 303 g/mol. The number of fused-ring (bicyclic) bond motifs is 1. The number of esters is 1. The molecule has 2 aromatic rings. The van der Waals surface area contributed by atoms with E-state index in [0.717, 1.165) is 37.0 Å². The van der Waals surface area contributed by atoms with Gasteiger partial charge in [-0.2, -0.15) is 0 Å². The zero-order chi connectivity index (χ0) is 15.7. The highest BCUT2D eigenvalue weighted by Gasteiger charge is 2.24. The van der Waals surface area contributed by atoms with E-state index in [2.05, 4.69) is 11.9 Å². The van der Waals surface area contributed by atoms with Crippen LogP contribution in [0.4, 0.5) is 0 Å². The highest BCUT2D eigenvalue weighted by atomic mass is 16.5. The third-order valence-corrected chi connectivity index (χ3v) is 4.44. The van der Waals surface area contributed by atoms with Crippen molar-refractivity contribution < 1.29 is 9.53 Å². The summed E-state index contributed by atoms with van der Waals surface area (Å²) in [7, 11) is 3.43. The van der Waals surface area contributed by atoms with Gasteiger partial charge < -0.3 is 9.64 Å². The molecule has 0 saturated carbocycles. The molecule has 1 aliphatic heterocycles. The number of carbonyl (C=O) groups excluding carboxylic acids is 1. The number of benzene rings is 1. The van der Waals surface area contributed by atoms with Crippen LogP contribution in [0.5, 0.6) is 0 Å². The van der Waals surface area contributed by atoms with Gasteiger partial charge in [0.25, 0.3) is 0 Å². The lowest BCUT2D eigenvalue weighted by Crippen LogP contribution is -2.36. The quantitative estimate of drug-likeness (QED) is 0.801. The van der Waals surface area contributed by atoms with Crippen LogP contribution in [0.2, 0.25) is 0 Å². The molecule has 6 nitrogen and oxygen atoms in total. The second-order valence-electron chi connectivity index (χ2n) is 5.84. The molecule has 0 aliphatic carbocycles. The Morgan fingerprint density at radius 3 is 2.50 bits per heavy atom. The Hall–Kier alpha value is -2.08. The molecule has 0 unspecified atom stereocenters. The van der Waals surface area contributed by atoms with E-state index in [1.165, 1.54) is 11.7 Å². The van der Waals surface area contributed by atoms with Gasteiger partial charge in [-0.05, 0) is 45.1 Å². The van der Waals surface area contributed by atoms with Gasteiger partial charge in [0.2, 0.25) is 0 Å². The van der Waals surface area contributed by atoms with Crippen molar-refractivity contribution in [1.82, 2.24) is 14.0 Å². The zero-order valence-electron chi connectivity index (χ0n) is 13.0. The minimum absolute atomic E-state index is 0.0462. The summed E-state index contributed by atoms with van der Waals surface area (Å²) < 4.78 is 8.08. The second-order valence-corrected chi connectivity index (χ2v) is 5.84. The standard InChI is InChI=1S/C16H21N3O3/c1-17-9-7-12(8-10-17)19-14-6-4-3-5-13(14)18(16(19)21)11-15(20)22-2/h3-6,12H,7-11H2,1-2H3. The largest absolute Gasteiger partial charge is 0.468 e. The van der Waals surface area contributed by atoms with E-state index in [1.807, 2.05) is 28.8 Å². The van der Waals surface area contributed by atoms with Gasteiger partial charge in [-0.15, -0.1) is 0 Å². The SMILES string of the molecule is COC(=O)Cn1c(=O)n(C2CCN(C)CC2)c2ccccc21. The van der Waals surface area contributed by atoms with Crippen LogP contribution in [-0.2, 0) is 16.1 Å². The Balaban J connectivity index is 2.08. The Morgan fingerprint density at radius 2 is 1.86 bits per heavy atom. The van der Waals surface area contributed by atoms with Crippen LogP contribution >= 0.6 is 0 Å². The van der Waals surface area contributed by atoms with Crippen molar-refractivity contribution in [1.29, 1.82) is 0 Å². The number of ether oxygens (including phenoxy) is 1. The predicted molar refractivity (Wildman–Crippen MR) is 84.0 cm³/mol. The van der Waals surface area contributed by atoms with Gasteiger partial charge in [0.1, 0.15) is 6.54 Å². The van der Waals surface area contributed by atoms with Crippen molar-refractivity contribution in [3.63, 3.8) is 0 Å². The fourth-order valence-electron chi connectivity index (χ4n) is 3.18. The molecule has 0 atom stereocenters. The van der Waals surface area contributed by atoms with Crippen molar-refractivity contribution in [2.24, 2.45) is 0 Å². The summed E-state index contributed by atoms with van der Waals surface area (Å²) >= 11 is 0. The number of nitrogens with zero attached hydrogens (tertiary/aromatic N) is 3. The number of carbonyl (C=O) groups is 1. The van der Waals surface area contributed by atoms with Crippen LogP contribution in [0.15, 0.2) is 29.1 Å². The van der Waals surface area contributed by atoms with Crippen molar-refractivity contribution in [3.8, 4) is 0 Å². The molecule has 22 heavy (non-hydrogen) atoms. The molecule has 1 aromatic carbocycles. The normalized spacial score (nSPS) is 17.0. The first-order chi connectivity index (χ1) is 10.6. The van der Waals surface area contributed by atoms with E-state index in [9.17, 15) is 9.59 Å². The number of likely N-dealkylation sites (tertiary alicyclic amines) is 1. The number of rotatable bonds is 3. The van der Waals surface area contributed by atoms with E-state index < -0.39 is 5.97 Å². The molecular weight excluding hydrogens is 282 g/mol. The first-order valence-electron chi connectivity index (χ1n) is 7.57. The van der Waals surface area contributed by atoms with E-state index in [0.29, 0.717) is 0 Å². The number of aromatic nitrogens is 2. The summed E-state index contributed by atoms with van der Waals surface area (Å²) in [6.45, 7) is 1.91. The van der Waals surface area contributed by atoms with E-state index in [4.69, 9.17) is 4.74 Å². The van der Waals surface area contributed by atoms with Crippen molar-refractivity contribution in [3.05, 3.63) is 34.7 Å². The lowest BCUT2D eigenvalue weighted by molar-refractivity contribution is -0.141. The summed E-state index contributed by atoms with van der Waals surface area (Å²) in [5, 5.41) is 0. The van der Waals surface area contributed by atoms with Crippen molar-refractivity contribution in [2.45, 2.75) is 25.4 Å². The molecule has 6 heteroatoms. The third-order valence-electron chi connectivity index (χ3n) is 4.44. The molecule has 118 valence electrons. The zero-order valence-corrected chi connectivity index (χ0v) is 13.0. The van der Waals surface area contributed by atoms with Gasteiger partial charge in [0.15, 0.2) is 0 Å². The van der Waals surface area contributed by atoms with E-state index >= 15 is 0 Å². The lowest BCUT2D eigenvalue weighted by atomic mass is 10.1. The van der Waals surface area contributed by atoms with E-state index in [1.54, 1.807) is 0 Å². The highest BCUT2D eigenvalue weighted by Crippen LogP contribution is 2.25. The number of para-hydroxylation sites is 2. The summed E-state index contributed by atoms with van der Waals surface area (Å²) in [5.74, 6) is -0.409. The van der Waals surface area contributed by atoms with Gasteiger partial charge >= 0.3 is 11.7 Å². The lowest BCUT2D eigenvalue weighted by Gasteiger charge is -2.29. The molecule has 1 fully saturated rings. The molecule has 1 aromatic heterocycles. The minimum Gasteiger partial charge on any atom is -0.468 e. The molecule has 0 radical (unpaired) electrons. The minimum atomic E-state index is -0.409.